The quantitative estimate of drug-likeness (QED) is 0.398. The molecule has 0 heterocycles. The summed E-state index contributed by atoms with van der Waals surface area (Å²) in [4.78, 5) is 17.4. The van der Waals surface area contributed by atoms with Gasteiger partial charge in [0.1, 0.15) is 11.4 Å². The molecule has 0 radical (unpaired) electrons. The summed E-state index contributed by atoms with van der Waals surface area (Å²) in [7, 11) is 3.33. The van der Waals surface area contributed by atoms with E-state index in [0.717, 1.165) is 5.56 Å². The number of nitrogens with zero attached hydrogens (tertiary/aromatic N) is 2. The molecular weight excluding hydrogens is 438 g/mol. The Hall–Kier alpha value is -1.58. The van der Waals surface area contributed by atoms with E-state index >= 15 is 0 Å². The van der Waals surface area contributed by atoms with E-state index in [1.165, 1.54) is 17.0 Å². The van der Waals surface area contributed by atoms with E-state index < -0.39 is 5.60 Å². The highest BCUT2D eigenvalue weighted by Crippen LogP contribution is 2.08. The summed E-state index contributed by atoms with van der Waals surface area (Å²) in [6.45, 7) is 6.92. The second-order valence-electron chi connectivity index (χ2n) is 6.38. The first kappa shape index (κ1) is 23.4. The first-order valence-electron chi connectivity index (χ1n) is 7.84. The molecule has 0 aliphatic heterocycles. The van der Waals surface area contributed by atoms with Crippen molar-refractivity contribution in [2.75, 3.05) is 27.2 Å². The van der Waals surface area contributed by atoms with Crippen molar-refractivity contribution in [3.8, 4) is 0 Å². The van der Waals surface area contributed by atoms with Crippen LogP contribution in [0.4, 0.5) is 9.18 Å². The van der Waals surface area contributed by atoms with Crippen LogP contribution in [-0.4, -0.2) is 49.7 Å². The third kappa shape index (κ3) is 10.1. The summed E-state index contributed by atoms with van der Waals surface area (Å²) >= 11 is 0. The molecule has 0 saturated carbocycles. The number of carbonyl (C=O) groups excluding carboxylic acids is 1. The topological polar surface area (TPSA) is 66.0 Å². The number of carbonyl (C=O) groups is 1. The number of rotatable bonds is 5. The smallest absolute Gasteiger partial charge is 0.410 e. The summed E-state index contributed by atoms with van der Waals surface area (Å²) in [5, 5.41) is 6.19. The van der Waals surface area contributed by atoms with E-state index in [1.807, 2.05) is 26.8 Å². The molecule has 2 N–H and O–H groups in total. The molecule has 1 aromatic carbocycles. The summed E-state index contributed by atoms with van der Waals surface area (Å²) in [5.74, 6) is 0.313. The van der Waals surface area contributed by atoms with Crippen molar-refractivity contribution in [2.24, 2.45) is 4.99 Å². The van der Waals surface area contributed by atoms with E-state index in [2.05, 4.69) is 15.6 Å². The molecule has 25 heavy (non-hydrogen) atoms. The number of likely N-dealkylation sites (N-methyl/N-ethyl adjacent to an activating group) is 1. The van der Waals surface area contributed by atoms with Gasteiger partial charge in [-0.3, -0.25) is 4.99 Å². The van der Waals surface area contributed by atoms with Gasteiger partial charge in [-0.1, -0.05) is 12.1 Å². The zero-order valence-electron chi connectivity index (χ0n) is 15.4. The predicted molar refractivity (Wildman–Crippen MR) is 109 cm³/mol. The third-order valence-electron chi connectivity index (χ3n) is 3.02. The fraction of sp³-hybridized carbons (Fsp3) is 0.529. The lowest BCUT2D eigenvalue weighted by atomic mass is 10.2. The number of guanidine groups is 1. The van der Waals surface area contributed by atoms with Crippen LogP contribution < -0.4 is 10.6 Å². The second kappa shape index (κ2) is 11.1. The molecule has 0 fully saturated rings. The van der Waals surface area contributed by atoms with Crippen LogP contribution in [0.2, 0.25) is 0 Å². The fourth-order valence-electron chi connectivity index (χ4n) is 1.83. The SMILES string of the molecule is CN=C(NCCN(C)C(=O)OC(C)(C)C)NCc1cccc(F)c1.I. The molecule has 1 amide bonds. The van der Waals surface area contributed by atoms with Crippen LogP contribution in [0.5, 0.6) is 0 Å². The molecule has 0 aliphatic carbocycles. The van der Waals surface area contributed by atoms with E-state index in [4.69, 9.17) is 4.74 Å². The number of amides is 1. The maximum absolute atomic E-state index is 13.1. The normalized spacial score (nSPS) is 11.4. The third-order valence-corrected chi connectivity index (χ3v) is 3.02. The molecule has 0 saturated heterocycles. The Bertz CT molecular complexity index is 576. The number of nitrogens with one attached hydrogen (secondary N) is 2. The van der Waals surface area contributed by atoms with Crippen molar-refractivity contribution in [2.45, 2.75) is 32.9 Å². The second-order valence-corrected chi connectivity index (χ2v) is 6.38. The van der Waals surface area contributed by atoms with Crippen LogP contribution in [0.15, 0.2) is 29.3 Å². The van der Waals surface area contributed by atoms with Crippen molar-refractivity contribution in [1.82, 2.24) is 15.5 Å². The van der Waals surface area contributed by atoms with Crippen LogP contribution in [0, 0.1) is 5.82 Å². The number of ether oxygens (including phenoxy) is 1. The number of hydrogen-bond donors (Lipinski definition) is 2. The highest BCUT2D eigenvalue weighted by atomic mass is 127. The van der Waals surface area contributed by atoms with Gasteiger partial charge < -0.3 is 20.3 Å². The molecule has 0 aromatic heterocycles. The average molecular weight is 466 g/mol. The average Bonchev–Trinajstić information content (AvgIpc) is 2.48. The van der Waals surface area contributed by atoms with Gasteiger partial charge >= 0.3 is 6.09 Å². The van der Waals surface area contributed by atoms with E-state index in [-0.39, 0.29) is 35.9 Å². The summed E-state index contributed by atoms with van der Waals surface area (Å²) in [6.07, 6.45) is -0.369. The molecule has 1 rings (SSSR count). The molecule has 0 spiro atoms. The first-order valence-corrected chi connectivity index (χ1v) is 7.84. The molecular formula is C17H28FIN4O2. The van der Waals surface area contributed by atoms with Crippen LogP contribution in [0.1, 0.15) is 26.3 Å². The Labute approximate surface area is 166 Å². The summed E-state index contributed by atoms with van der Waals surface area (Å²) in [6, 6.07) is 6.37. The monoisotopic (exact) mass is 466 g/mol. The standard InChI is InChI=1S/C17H27FN4O2.HI/c1-17(2,3)24-16(23)22(5)10-9-20-15(19-4)21-12-13-7-6-8-14(18)11-13;/h6-8,11H,9-10,12H2,1-5H3,(H2,19,20,21);1H. The minimum absolute atomic E-state index is 0. The van der Waals surface area contributed by atoms with Gasteiger partial charge in [0, 0.05) is 33.7 Å². The minimum Gasteiger partial charge on any atom is -0.444 e. The van der Waals surface area contributed by atoms with Crippen LogP contribution >= 0.6 is 24.0 Å². The molecule has 142 valence electrons. The summed E-state index contributed by atoms with van der Waals surface area (Å²) in [5.41, 5.74) is 0.310. The molecule has 1 aromatic rings. The number of aliphatic imine (C=N–C) groups is 1. The van der Waals surface area contributed by atoms with Gasteiger partial charge in [0.2, 0.25) is 0 Å². The van der Waals surface area contributed by atoms with Gasteiger partial charge in [-0.15, -0.1) is 24.0 Å². The molecule has 8 heteroatoms. The van der Waals surface area contributed by atoms with E-state index in [1.54, 1.807) is 20.2 Å². The van der Waals surface area contributed by atoms with Gasteiger partial charge in [-0.05, 0) is 38.5 Å². The Morgan fingerprint density at radius 3 is 2.56 bits per heavy atom. The molecule has 6 nitrogen and oxygen atoms in total. The highest BCUT2D eigenvalue weighted by Gasteiger charge is 2.19. The lowest BCUT2D eigenvalue weighted by Gasteiger charge is -2.24. The molecule has 0 aliphatic rings. The molecule has 0 unspecified atom stereocenters. The van der Waals surface area contributed by atoms with Crippen molar-refractivity contribution in [3.05, 3.63) is 35.6 Å². The largest absolute Gasteiger partial charge is 0.444 e. The number of hydrogen-bond acceptors (Lipinski definition) is 3. The predicted octanol–water partition coefficient (Wildman–Crippen LogP) is 2.98. The lowest BCUT2D eigenvalue weighted by molar-refractivity contribution is 0.0302. The van der Waals surface area contributed by atoms with Crippen molar-refractivity contribution in [3.63, 3.8) is 0 Å². The Kier molecular flexibility index (Phi) is 10.4. The molecule has 0 atom stereocenters. The maximum Gasteiger partial charge on any atom is 0.410 e. The van der Waals surface area contributed by atoms with Crippen LogP contribution in [-0.2, 0) is 11.3 Å². The van der Waals surface area contributed by atoms with Crippen molar-refractivity contribution < 1.29 is 13.9 Å². The summed E-state index contributed by atoms with van der Waals surface area (Å²) < 4.78 is 18.4. The van der Waals surface area contributed by atoms with Gasteiger partial charge in [-0.2, -0.15) is 0 Å². The maximum atomic E-state index is 13.1. The Morgan fingerprint density at radius 2 is 2.00 bits per heavy atom. The molecule has 0 bridgehead atoms. The highest BCUT2D eigenvalue weighted by molar-refractivity contribution is 14.0. The van der Waals surface area contributed by atoms with Gasteiger partial charge in [0.25, 0.3) is 0 Å². The van der Waals surface area contributed by atoms with Gasteiger partial charge in [0.05, 0.1) is 0 Å². The van der Waals surface area contributed by atoms with E-state index in [0.29, 0.717) is 25.6 Å². The van der Waals surface area contributed by atoms with Crippen molar-refractivity contribution >= 4 is 36.0 Å². The number of benzene rings is 1. The van der Waals surface area contributed by atoms with Gasteiger partial charge in [-0.25, -0.2) is 9.18 Å². The Balaban J connectivity index is 0.00000576. The zero-order chi connectivity index (χ0) is 18.2. The zero-order valence-corrected chi connectivity index (χ0v) is 17.8. The van der Waals surface area contributed by atoms with E-state index in [9.17, 15) is 9.18 Å². The lowest BCUT2D eigenvalue weighted by Crippen LogP contribution is -2.42. The Morgan fingerprint density at radius 1 is 1.32 bits per heavy atom. The van der Waals surface area contributed by atoms with Crippen LogP contribution in [0.25, 0.3) is 0 Å². The fourth-order valence-corrected chi connectivity index (χ4v) is 1.83. The minimum atomic E-state index is -0.513. The van der Waals surface area contributed by atoms with Gasteiger partial charge in [0.15, 0.2) is 5.96 Å². The number of halogens is 2. The van der Waals surface area contributed by atoms with Crippen molar-refractivity contribution in [1.29, 1.82) is 0 Å². The van der Waals surface area contributed by atoms with Crippen LogP contribution in [0.3, 0.4) is 0 Å². The first-order chi connectivity index (χ1) is 11.2.